The van der Waals surface area contributed by atoms with Gasteiger partial charge in [0.1, 0.15) is 4.75 Å². The SMILES string of the molecule is CC[C@H](N[S+]([O-])C(C)(C)C)C1=CCN(C#N)C=C1. The highest BCUT2D eigenvalue weighted by atomic mass is 32.2. The van der Waals surface area contributed by atoms with Gasteiger partial charge in [-0.15, -0.1) is 4.72 Å². The molecule has 1 aliphatic heterocycles. The molecule has 4 nitrogen and oxygen atoms in total. The molecule has 0 amide bonds. The average molecular weight is 267 g/mol. The van der Waals surface area contributed by atoms with Crippen LogP contribution in [0.15, 0.2) is 23.9 Å². The molecule has 18 heavy (non-hydrogen) atoms. The van der Waals surface area contributed by atoms with Gasteiger partial charge in [-0.05, 0) is 38.8 Å². The summed E-state index contributed by atoms with van der Waals surface area (Å²) in [4.78, 5) is 1.55. The Labute approximate surface area is 113 Å². The van der Waals surface area contributed by atoms with Gasteiger partial charge in [0.05, 0.1) is 12.6 Å². The summed E-state index contributed by atoms with van der Waals surface area (Å²) < 4.78 is 15.0. The molecule has 2 atom stereocenters. The molecule has 1 aliphatic rings. The highest BCUT2D eigenvalue weighted by molar-refractivity contribution is 7.90. The molecule has 100 valence electrons. The zero-order valence-electron chi connectivity index (χ0n) is 11.4. The molecule has 1 heterocycles. The van der Waals surface area contributed by atoms with Crippen molar-refractivity contribution < 1.29 is 4.55 Å². The monoisotopic (exact) mass is 267 g/mol. The van der Waals surface area contributed by atoms with Gasteiger partial charge in [-0.1, -0.05) is 13.0 Å². The van der Waals surface area contributed by atoms with Gasteiger partial charge in [-0.2, -0.15) is 5.26 Å². The first-order valence-corrected chi connectivity index (χ1v) is 7.26. The fourth-order valence-corrected chi connectivity index (χ4v) is 2.45. The van der Waals surface area contributed by atoms with Gasteiger partial charge in [0.15, 0.2) is 6.19 Å². The molecule has 0 bridgehead atoms. The standard InChI is InChI=1S/C13H21N3OS/c1-5-12(15-18(17)13(2,3)4)11-6-8-16(10-14)9-7-11/h6-8,12,15H,5,9H2,1-4H3/t12-,18?/m0/s1. The highest BCUT2D eigenvalue weighted by Crippen LogP contribution is 2.19. The van der Waals surface area contributed by atoms with Crippen LogP contribution >= 0.6 is 0 Å². The maximum absolute atomic E-state index is 12.1. The zero-order valence-corrected chi connectivity index (χ0v) is 12.3. The lowest BCUT2D eigenvalue weighted by atomic mass is 10.0. The molecule has 0 aromatic rings. The fourth-order valence-electron chi connectivity index (χ4n) is 1.53. The van der Waals surface area contributed by atoms with Gasteiger partial charge < -0.3 is 4.55 Å². The topological polar surface area (TPSA) is 62.1 Å². The van der Waals surface area contributed by atoms with E-state index in [1.165, 1.54) is 0 Å². The number of hydrogen-bond donors (Lipinski definition) is 1. The first kappa shape index (κ1) is 15.1. The minimum atomic E-state index is -1.08. The Morgan fingerprint density at radius 3 is 2.67 bits per heavy atom. The van der Waals surface area contributed by atoms with Crippen LogP contribution in [0.1, 0.15) is 34.1 Å². The number of nitrogens with one attached hydrogen (secondary N) is 1. The van der Waals surface area contributed by atoms with Gasteiger partial charge in [-0.25, -0.2) is 0 Å². The van der Waals surface area contributed by atoms with Crippen molar-refractivity contribution in [2.45, 2.75) is 44.9 Å². The lowest BCUT2D eigenvalue weighted by molar-refractivity contribution is 0.524. The minimum absolute atomic E-state index is 0.0714. The molecule has 0 fully saturated rings. The van der Waals surface area contributed by atoms with Crippen LogP contribution in [-0.4, -0.2) is 26.8 Å². The number of rotatable bonds is 4. The summed E-state index contributed by atoms with van der Waals surface area (Å²) in [7, 11) is 0. The van der Waals surface area contributed by atoms with Crippen molar-refractivity contribution in [1.82, 2.24) is 9.62 Å². The quantitative estimate of drug-likeness (QED) is 0.625. The largest absolute Gasteiger partial charge is 0.598 e. The Kier molecular flexibility index (Phi) is 5.27. The molecule has 0 aromatic heterocycles. The van der Waals surface area contributed by atoms with E-state index in [1.807, 2.05) is 32.9 Å². The summed E-state index contributed by atoms with van der Waals surface area (Å²) in [5.41, 5.74) is 1.10. The van der Waals surface area contributed by atoms with E-state index in [9.17, 15) is 4.55 Å². The Morgan fingerprint density at radius 2 is 2.28 bits per heavy atom. The van der Waals surface area contributed by atoms with Gasteiger partial charge in [-0.3, -0.25) is 4.90 Å². The summed E-state index contributed by atoms with van der Waals surface area (Å²) in [5.74, 6) is 0. The van der Waals surface area contributed by atoms with Crippen LogP contribution < -0.4 is 4.72 Å². The van der Waals surface area contributed by atoms with Crippen LogP contribution in [0.5, 0.6) is 0 Å². The van der Waals surface area contributed by atoms with Crippen LogP contribution in [0.3, 0.4) is 0 Å². The Balaban J connectivity index is 2.67. The normalized spacial score (nSPS) is 19.1. The van der Waals surface area contributed by atoms with E-state index in [2.05, 4.69) is 17.8 Å². The summed E-state index contributed by atoms with van der Waals surface area (Å²) in [6.45, 7) is 8.49. The smallest absolute Gasteiger partial charge is 0.184 e. The summed E-state index contributed by atoms with van der Waals surface area (Å²) >= 11 is -1.08. The minimum Gasteiger partial charge on any atom is -0.598 e. The Bertz CT molecular complexity index is 379. The summed E-state index contributed by atoms with van der Waals surface area (Å²) in [6.07, 6.45) is 8.61. The van der Waals surface area contributed by atoms with Crippen LogP contribution in [-0.2, 0) is 11.4 Å². The highest BCUT2D eigenvalue weighted by Gasteiger charge is 2.29. The van der Waals surface area contributed by atoms with Crippen molar-refractivity contribution in [2.24, 2.45) is 0 Å². The predicted molar refractivity (Wildman–Crippen MR) is 74.7 cm³/mol. The summed E-state index contributed by atoms with van der Waals surface area (Å²) in [5, 5.41) is 8.76. The van der Waals surface area contributed by atoms with E-state index in [4.69, 9.17) is 5.26 Å². The second-order valence-electron chi connectivity index (χ2n) is 5.23. The predicted octanol–water partition coefficient (Wildman–Crippen LogP) is 2.05. The molecule has 0 aromatic carbocycles. The van der Waals surface area contributed by atoms with Gasteiger partial charge in [0.25, 0.3) is 0 Å². The molecule has 0 saturated heterocycles. The van der Waals surface area contributed by atoms with E-state index in [-0.39, 0.29) is 10.8 Å². The Hall–Kier alpha value is -0.960. The third-order valence-corrected chi connectivity index (χ3v) is 4.33. The molecule has 0 spiro atoms. The number of hydrogen-bond acceptors (Lipinski definition) is 4. The van der Waals surface area contributed by atoms with E-state index in [0.717, 1.165) is 12.0 Å². The molecule has 0 aliphatic carbocycles. The molecule has 0 saturated carbocycles. The lowest BCUT2D eigenvalue weighted by Gasteiger charge is -2.29. The molecule has 0 radical (unpaired) electrons. The molecule has 1 rings (SSSR count). The van der Waals surface area contributed by atoms with Gasteiger partial charge in [0, 0.05) is 17.6 Å². The fraction of sp³-hybridized carbons (Fsp3) is 0.615. The zero-order chi connectivity index (χ0) is 13.8. The number of nitrogens with zero attached hydrogens (tertiary/aromatic N) is 2. The van der Waals surface area contributed by atoms with E-state index >= 15 is 0 Å². The van der Waals surface area contributed by atoms with Crippen LogP contribution in [0.2, 0.25) is 0 Å². The van der Waals surface area contributed by atoms with Crippen LogP contribution in [0.25, 0.3) is 0 Å². The van der Waals surface area contributed by atoms with Crippen molar-refractivity contribution >= 4 is 11.4 Å². The van der Waals surface area contributed by atoms with Crippen molar-refractivity contribution in [3.8, 4) is 6.19 Å². The van der Waals surface area contributed by atoms with Crippen molar-refractivity contribution in [2.75, 3.05) is 6.54 Å². The Morgan fingerprint density at radius 1 is 1.61 bits per heavy atom. The van der Waals surface area contributed by atoms with E-state index < -0.39 is 11.4 Å². The van der Waals surface area contributed by atoms with Crippen LogP contribution in [0.4, 0.5) is 0 Å². The maximum Gasteiger partial charge on any atom is 0.184 e. The second-order valence-corrected chi connectivity index (χ2v) is 7.23. The average Bonchev–Trinajstić information content (AvgIpc) is 2.34. The number of nitriles is 1. The van der Waals surface area contributed by atoms with E-state index in [0.29, 0.717) is 6.54 Å². The molecule has 5 heteroatoms. The maximum atomic E-state index is 12.1. The first-order valence-electron chi connectivity index (χ1n) is 6.11. The van der Waals surface area contributed by atoms with Crippen molar-refractivity contribution in [3.63, 3.8) is 0 Å². The third-order valence-electron chi connectivity index (χ3n) is 2.72. The third kappa shape index (κ3) is 4.05. The van der Waals surface area contributed by atoms with E-state index in [1.54, 1.807) is 11.1 Å². The molecule has 1 N–H and O–H groups in total. The van der Waals surface area contributed by atoms with Gasteiger partial charge in [0.2, 0.25) is 0 Å². The lowest BCUT2D eigenvalue weighted by Crippen LogP contribution is -2.45. The van der Waals surface area contributed by atoms with Crippen molar-refractivity contribution in [3.05, 3.63) is 23.9 Å². The molecular weight excluding hydrogens is 246 g/mol. The molecule has 1 unspecified atom stereocenters. The summed E-state index contributed by atoms with van der Waals surface area (Å²) in [6, 6.07) is 0.0714. The second kappa shape index (κ2) is 6.28. The first-order chi connectivity index (χ1) is 8.38. The van der Waals surface area contributed by atoms with Crippen molar-refractivity contribution in [1.29, 1.82) is 5.26 Å². The van der Waals surface area contributed by atoms with Gasteiger partial charge >= 0.3 is 0 Å². The van der Waals surface area contributed by atoms with Crippen LogP contribution in [0, 0.1) is 11.5 Å². The molecular formula is C13H21N3OS.